The van der Waals surface area contributed by atoms with Crippen LogP contribution in [0.4, 0.5) is 10.5 Å². The topological polar surface area (TPSA) is 80.0 Å². The van der Waals surface area contributed by atoms with Crippen molar-refractivity contribution in [1.29, 1.82) is 0 Å². The molecule has 4 N–H and O–H groups in total. The highest BCUT2D eigenvalue weighted by Gasteiger charge is 2.02. The van der Waals surface area contributed by atoms with E-state index in [2.05, 4.69) is 46.4 Å². The van der Waals surface area contributed by atoms with Crippen molar-refractivity contribution in [2.75, 3.05) is 5.32 Å². The van der Waals surface area contributed by atoms with E-state index in [1.54, 1.807) is 12.4 Å². The van der Waals surface area contributed by atoms with Gasteiger partial charge in [0.25, 0.3) is 0 Å². The minimum atomic E-state index is -0.246. The van der Waals surface area contributed by atoms with Gasteiger partial charge < -0.3 is 16.4 Å². The number of benzene rings is 3. The fourth-order valence-corrected chi connectivity index (χ4v) is 3.21. The number of carbonyl (C=O) groups is 1. The summed E-state index contributed by atoms with van der Waals surface area (Å²) in [5, 5.41) is 5.51. The van der Waals surface area contributed by atoms with Crippen LogP contribution in [0.2, 0.25) is 0 Å². The highest BCUT2D eigenvalue weighted by molar-refractivity contribution is 7.80. The molecule has 0 bridgehead atoms. The molecule has 0 aliphatic rings. The van der Waals surface area contributed by atoms with Gasteiger partial charge in [-0.2, -0.15) is 0 Å². The summed E-state index contributed by atoms with van der Waals surface area (Å²) in [6.07, 6.45) is 3.42. The molecule has 0 saturated carbocycles. The molecule has 0 fully saturated rings. The average Bonchev–Trinajstić information content (AvgIpc) is 2.85. The molecule has 0 aliphatic carbocycles. The summed E-state index contributed by atoms with van der Waals surface area (Å²) in [5.41, 5.74) is 10.6. The van der Waals surface area contributed by atoms with Crippen molar-refractivity contribution >= 4 is 24.3 Å². The number of pyridine rings is 1. The SMILES string of the molecule is NCc1ccc(NC(=O)NCc2cccnc2)cc1.Sc1ccccc1-c1ccccc1. The summed E-state index contributed by atoms with van der Waals surface area (Å²) < 4.78 is 0. The van der Waals surface area contributed by atoms with Gasteiger partial charge in [0, 0.05) is 36.1 Å². The minimum absolute atomic E-state index is 0.246. The van der Waals surface area contributed by atoms with Crippen molar-refractivity contribution in [1.82, 2.24) is 10.3 Å². The van der Waals surface area contributed by atoms with Gasteiger partial charge in [-0.05, 0) is 46.5 Å². The Morgan fingerprint density at radius 2 is 1.56 bits per heavy atom. The molecule has 6 heteroatoms. The lowest BCUT2D eigenvalue weighted by Crippen LogP contribution is -2.28. The van der Waals surface area contributed by atoms with E-state index in [1.165, 1.54) is 11.1 Å². The first-order chi connectivity index (χ1) is 15.7. The first-order valence-electron chi connectivity index (χ1n) is 10.2. The summed E-state index contributed by atoms with van der Waals surface area (Å²) >= 11 is 4.41. The predicted octanol–water partition coefficient (Wildman–Crippen LogP) is 5.50. The lowest BCUT2D eigenvalue weighted by atomic mass is 10.1. The second kappa shape index (κ2) is 12.3. The van der Waals surface area contributed by atoms with Crippen LogP contribution >= 0.6 is 12.6 Å². The highest BCUT2D eigenvalue weighted by atomic mass is 32.1. The van der Waals surface area contributed by atoms with Gasteiger partial charge in [0.05, 0.1) is 0 Å². The van der Waals surface area contributed by atoms with Gasteiger partial charge in [-0.15, -0.1) is 12.6 Å². The van der Waals surface area contributed by atoms with E-state index >= 15 is 0 Å². The molecule has 32 heavy (non-hydrogen) atoms. The number of hydrogen-bond acceptors (Lipinski definition) is 4. The van der Waals surface area contributed by atoms with Gasteiger partial charge in [-0.3, -0.25) is 4.98 Å². The van der Waals surface area contributed by atoms with Gasteiger partial charge in [-0.25, -0.2) is 4.79 Å². The van der Waals surface area contributed by atoms with Crippen LogP contribution in [0.1, 0.15) is 11.1 Å². The number of rotatable bonds is 5. The summed E-state index contributed by atoms with van der Waals surface area (Å²) in [5.74, 6) is 0. The molecule has 5 nitrogen and oxygen atoms in total. The number of aromatic nitrogens is 1. The normalized spacial score (nSPS) is 9.94. The van der Waals surface area contributed by atoms with Crippen LogP contribution < -0.4 is 16.4 Å². The summed E-state index contributed by atoms with van der Waals surface area (Å²) in [4.78, 5) is 16.7. The molecule has 1 aromatic heterocycles. The molecule has 0 aliphatic heterocycles. The van der Waals surface area contributed by atoms with Crippen LogP contribution in [0.5, 0.6) is 0 Å². The molecule has 1 heterocycles. The Hall–Kier alpha value is -3.61. The second-order valence-corrected chi connectivity index (χ2v) is 7.43. The molecule has 4 aromatic rings. The third-order valence-electron chi connectivity index (χ3n) is 4.61. The molecule has 0 spiro atoms. The Kier molecular flexibility index (Phi) is 8.86. The Balaban J connectivity index is 0.000000193. The minimum Gasteiger partial charge on any atom is -0.334 e. The van der Waals surface area contributed by atoms with Crippen molar-refractivity contribution in [2.24, 2.45) is 5.73 Å². The molecule has 2 amide bonds. The lowest BCUT2D eigenvalue weighted by molar-refractivity contribution is 0.251. The second-order valence-electron chi connectivity index (χ2n) is 6.95. The smallest absolute Gasteiger partial charge is 0.319 e. The monoisotopic (exact) mass is 442 g/mol. The van der Waals surface area contributed by atoms with Crippen LogP contribution in [-0.4, -0.2) is 11.0 Å². The number of anilines is 1. The van der Waals surface area contributed by atoms with E-state index in [4.69, 9.17) is 5.73 Å². The molecular formula is C26H26N4OS. The first kappa shape index (κ1) is 23.1. The fourth-order valence-electron chi connectivity index (χ4n) is 2.92. The van der Waals surface area contributed by atoms with E-state index in [-0.39, 0.29) is 6.03 Å². The van der Waals surface area contributed by atoms with Crippen molar-refractivity contribution in [3.63, 3.8) is 0 Å². The van der Waals surface area contributed by atoms with Gasteiger partial charge in [0.1, 0.15) is 0 Å². The molecule has 3 aromatic carbocycles. The molecule has 0 unspecified atom stereocenters. The Bertz CT molecular complexity index is 1100. The number of amides is 2. The number of nitrogens with one attached hydrogen (secondary N) is 2. The van der Waals surface area contributed by atoms with Crippen LogP contribution in [0, 0.1) is 0 Å². The first-order valence-corrected chi connectivity index (χ1v) is 10.7. The molecule has 0 atom stereocenters. The molecule has 4 rings (SSSR count). The van der Waals surface area contributed by atoms with Crippen LogP contribution in [-0.2, 0) is 13.1 Å². The Labute approximate surface area is 194 Å². The maximum absolute atomic E-state index is 11.7. The Morgan fingerprint density at radius 3 is 2.22 bits per heavy atom. The van der Waals surface area contributed by atoms with Gasteiger partial charge in [0.15, 0.2) is 0 Å². The molecule has 162 valence electrons. The molecule has 0 radical (unpaired) electrons. The number of nitrogens with two attached hydrogens (primary N) is 1. The lowest BCUT2D eigenvalue weighted by Gasteiger charge is -2.08. The predicted molar refractivity (Wildman–Crippen MR) is 134 cm³/mol. The van der Waals surface area contributed by atoms with E-state index in [0.717, 1.165) is 21.7 Å². The number of hydrogen-bond donors (Lipinski definition) is 4. The molecular weight excluding hydrogens is 416 g/mol. The largest absolute Gasteiger partial charge is 0.334 e. The fraction of sp³-hybridized carbons (Fsp3) is 0.0769. The zero-order chi connectivity index (χ0) is 22.6. The quantitative estimate of drug-likeness (QED) is 0.308. The zero-order valence-electron chi connectivity index (χ0n) is 17.6. The average molecular weight is 443 g/mol. The summed E-state index contributed by atoms with van der Waals surface area (Å²) in [6.45, 7) is 0.939. The number of nitrogens with zero attached hydrogens (tertiary/aromatic N) is 1. The van der Waals surface area contributed by atoms with E-state index in [1.807, 2.05) is 72.8 Å². The number of urea groups is 1. The van der Waals surface area contributed by atoms with Crippen LogP contribution in [0.3, 0.4) is 0 Å². The third-order valence-corrected chi connectivity index (χ3v) is 5.00. The number of carbonyl (C=O) groups excluding carboxylic acids is 1. The van der Waals surface area contributed by atoms with Crippen LogP contribution in [0.15, 0.2) is 108 Å². The van der Waals surface area contributed by atoms with Crippen molar-refractivity contribution in [3.8, 4) is 11.1 Å². The van der Waals surface area contributed by atoms with E-state index < -0.39 is 0 Å². The van der Waals surface area contributed by atoms with Gasteiger partial charge in [0.2, 0.25) is 0 Å². The van der Waals surface area contributed by atoms with E-state index in [9.17, 15) is 4.79 Å². The standard InChI is InChI=1S/C14H16N4O.C12H10S/c15-8-11-3-5-13(6-4-11)18-14(19)17-10-12-2-1-7-16-9-12;13-12-9-5-4-8-11(12)10-6-2-1-3-7-10/h1-7,9H,8,10,15H2,(H2,17,18,19);1-9,13H. The Morgan fingerprint density at radius 1 is 0.844 bits per heavy atom. The van der Waals surface area contributed by atoms with Crippen molar-refractivity contribution in [2.45, 2.75) is 18.0 Å². The van der Waals surface area contributed by atoms with E-state index in [0.29, 0.717) is 13.1 Å². The third kappa shape index (κ3) is 7.27. The summed E-state index contributed by atoms with van der Waals surface area (Å²) in [6, 6.07) is 29.3. The summed E-state index contributed by atoms with van der Waals surface area (Å²) in [7, 11) is 0. The van der Waals surface area contributed by atoms with Crippen molar-refractivity contribution < 1.29 is 4.79 Å². The van der Waals surface area contributed by atoms with Gasteiger partial charge >= 0.3 is 6.03 Å². The van der Waals surface area contributed by atoms with Crippen LogP contribution in [0.25, 0.3) is 11.1 Å². The molecule has 0 saturated heterocycles. The van der Waals surface area contributed by atoms with Crippen molar-refractivity contribution in [3.05, 3.63) is 115 Å². The number of thiol groups is 1. The highest BCUT2D eigenvalue weighted by Crippen LogP contribution is 2.25. The maximum Gasteiger partial charge on any atom is 0.319 e. The van der Waals surface area contributed by atoms with Gasteiger partial charge in [-0.1, -0.05) is 66.7 Å². The maximum atomic E-state index is 11.7. The zero-order valence-corrected chi connectivity index (χ0v) is 18.5.